The average Bonchev–Trinajstić information content (AvgIpc) is 3.49. The maximum atomic E-state index is 12.3. The molecule has 0 spiro atoms. The third-order valence-corrected chi connectivity index (χ3v) is 15.1. The van der Waals surface area contributed by atoms with Crippen LogP contribution >= 0.6 is 0 Å². The van der Waals surface area contributed by atoms with Gasteiger partial charge in [0.15, 0.2) is 17.2 Å². The van der Waals surface area contributed by atoms with Crippen molar-refractivity contribution in [2.24, 2.45) is 5.92 Å². The van der Waals surface area contributed by atoms with Gasteiger partial charge in [0.2, 0.25) is 0 Å². The van der Waals surface area contributed by atoms with E-state index in [0.29, 0.717) is 12.8 Å². The van der Waals surface area contributed by atoms with Crippen LogP contribution in [-0.2, 0) is 9.53 Å². The highest BCUT2D eigenvalue weighted by Gasteiger charge is 2.35. The maximum Gasteiger partial charge on any atom is 0.311 e. The molecule has 454 valence electrons. The number of phenolic OH excluding ortho intramolecular Hbond substituents is 3. The van der Waals surface area contributed by atoms with Crippen LogP contribution in [0.3, 0.4) is 0 Å². The van der Waals surface area contributed by atoms with Crippen molar-refractivity contribution in [3.05, 3.63) is 133 Å². The van der Waals surface area contributed by atoms with Gasteiger partial charge in [-0.15, -0.1) is 0 Å². The van der Waals surface area contributed by atoms with Crippen LogP contribution in [-0.4, -0.2) is 121 Å². The lowest BCUT2D eigenvalue weighted by molar-refractivity contribution is -0.149. The fourth-order valence-electron chi connectivity index (χ4n) is 10.4. The van der Waals surface area contributed by atoms with Gasteiger partial charge in [-0.2, -0.15) is 0 Å². The molecule has 3 aliphatic rings. The number of hydrogen-bond donors (Lipinski definition) is 9. The molecule has 6 aromatic rings. The van der Waals surface area contributed by atoms with Crippen molar-refractivity contribution in [3.63, 3.8) is 0 Å². The molecule has 3 aliphatic carbocycles. The van der Waals surface area contributed by atoms with Crippen molar-refractivity contribution in [1.29, 1.82) is 0 Å². The van der Waals surface area contributed by atoms with Crippen LogP contribution in [0, 0.1) is 5.92 Å². The summed E-state index contributed by atoms with van der Waals surface area (Å²) in [6.45, 7) is 2.01. The van der Waals surface area contributed by atoms with Gasteiger partial charge in [0.1, 0.15) is 34.1 Å². The Kier molecular flexibility index (Phi) is 20.2. The number of aromatic hydroxyl groups is 3. The second-order valence-corrected chi connectivity index (χ2v) is 21.7. The zero-order valence-corrected chi connectivity index (χ0v) is 47.8. The van der Waals surface area contributed by atoms with Gasteiger partial charge >= 0.3 is 5.97 Å². The van der Waals surface area contributed by atoms with Gasteiger partial charge in [-0.1, -0.05) is 69.6 Å². The van der Waals surface area contributed by atoms with Crippen LogP contribution in [0.4, 0.5) is 51.2 Å². The first-order valence-corrected chi connectivity index (χ1v) is 27.9. The first kappa shape index (κ1) is 61.6. The summed E-state index contributed by atoms with van der Waals surface area (Å²) in [5.74, 6) is -2.63. The van der Waals surface area contributed by atoms with Crippen LogP contribution in [0.2, 0.25) is 0 Å². The monoisotopic (exact) mass is 1160 g/mol. The first-order chi connectivity index (χ1) is 39.5. The summed E-state index contributed by atoms with van der Waals surface area (Å²) < 4.78 is 5.15. The molecule has 23 nitrogen and oxygen atoms in total. The van der Waals surface area contributed by atoms with Crippen molar-refractivity contribution in [2.45, 2.75) is 115 Å². The molecule has 6 aromatic carbocycles. The molecule has 23 heteroatoms. The number of benzene rings is 3. The second kappa shape index (κ2) is 27.2. The predicted octanol–water partition coefficient (Wildman–Crippen LogP) is 7.80. The minimum Gasteiger partial charge on any atom is -0.505 e. The van der Waals surface area contributed by atoms with Gasteiger partial charge < -0.3 is 66.7 Å². The van der Waals surface area contributed by atoms with E-state index >= 15 is 0 Å². The van der Waals surface area contributed by atoms with Crippen LogP contribution in [0.5, 0.6) is 17.2 Å². The molecule has 3 saturated carbocycles. The second-order valence-electron chi connectivity index (χ2n) is 21.7. The quantitative estimate of drug-likeness (QED) is 0.0239. The number of carbonyl (C=O) groups is 4. The molecule has 0 bridgehead atoms. The van der Waals surface area contributed by atoms with Crippen LogP contribution in [0.1, 0.15) is 136 Å². The zero-order chi connectivity index (χ0) is 60.4. The van der Waals surface area contributed by atoms with Crippen LogP contribution in [0.15, 0.2) is 83.4 Å². The molecule has 3 amide bonds. The van der Waals surface area contributed by atoms with Crippen molar-refractivity contribution < 1.29 is 47.8 Å². The Morgan fingerprint density at radius 3 is 1.07 bits per heavy atom. The molecule has 0 aliphatic heterocycles. The molecule has 0 heterocycles. The molecular formula is C60H85N9O14. The molecule has 2 atom stereocenters. The lowest BCUT2D eigenvalue weighted by atomic mass is 9.84. The van der Waals surface area contributed by atoms with E-state index in [9.17, 15) is 63.3 Å². The molecule has 0 saturated heterocycles. The van der Waals surface area contributed by atoms with Gasteiger partial charge in [0.25, 0.3) is 50.3 Å². The topological polar surface area (TPSA) is 323 Å². The highest BCUT2D eigenvalue weighted by molar-refractivity contribution is 6.01. The van der Waals surface area contributed by atoms with E-state index in [1.807, 2.05) is 0 Å². The molecule has 0 radical (unpaired) electrons. The lowest BCUT2D eigenvalue weighted by Crippen LogP contribution is -2.44. The zero-order valence-electron chi connectivity index (χ0n) is 47.8. The maximum absolute atomic E-state index is 12.3. The number of ether oxygens (including phenoxy) is 1. The van der Waals surface area contributed by atoms with E-state index in [2.05, 4.69) is 31.9 Å². The highest BCUT2D eigenvalue weighted by atomic mass is 16.5. The van der Waals surface area contributed by atoms with Gasteiger partial charge in [-0.25, -0.2) is 0 Å². The number of esters is 1. The van der Waals surface area contributed by atoms with E-state index in [-0.39, 0.29) is 136 Å². The van der Waals surface area contributed by atoms with E-state index in [0.717, 1.165) is 64.2 Å². The van der Waals surface area contributed by atoms with Gasteiger partial charge in [0.05, 0.1) is 46.3 Å². The first-order valence-electron chi connectivity index (χ1n) is 27.9. The van der Waals surface area contributed by atoms with Crippen LogP contribution < -0.4 is 64.5 Å². The molecule has 9 rings (SSSR count). The minimum absolute atomic E-state index is 0. The molecule has 83 heavy (non-hydrogen) atoms. The number of carbonyl (C=O) groups excluding carboxylic acids is 4. The number of anilines is 9. The number of phenols is 3. The Morgan fingerprint density at radius 2 is 0.747 bits per heavy atom. The minimum atomic E-state index is -0.727. The normalized spacial score (nSPS) is 16.3. The van der Waals surface area contributed by atoms with Gasteiger partial charge in [-0.3, -0.25) is 47.9 Å². The molecule has 3 fully saturated rings. The Balaban J connectivity index is 0.000000649. The fraction of sp³-hybridized carbons (Fsp3) is 0.433. The lowest BCUT2D eigenvalue weighted by Gasteiger charge is -2.32. The standard InChI is InChI=1S/C22H27N3O6.2C19H23N3O4.6H2/c1-4-31-22(30)12-8-5-6-10-14(12)23-16-17(20(28)19(16)27)24-15-11-7-9-13(18(15)26)21(29)25(2)3;2*1-22(2)19(26)12-9-6-10-13(16(12)23)21-15-14(17(24)18(15)25)20-11-7-4-3-5-8-11;;;;;;/h7,9,11-12,14,23-24,26H,4-6,8,10H2,1-3H3;2*6,9-11,20-21,23H,3-5,7-8H2,1-2H3;6*1H/t12-,14+;;;;;;;;/m1......../s1. The van der Waals surface area contributed by atoms with Crippen molar-refractivity contribution in [2.75, 3.05) is 80.8 Å². The Labute approximate surface area is 487 Å². The third-order valence-electron chi connectivity index (χ3n) is 15.1. The number of hydrogen-bond acceptors (Lipinski definition) is 20. The summed E-state index contributed by atoms with van der Waals surface area (Å²) in [7, 11) is 9.47. The van der Waals surface area contributed by atoms with Crippen LogP contribution in [0.25, 0.3) is 0 Å². The van der Waals surface area contributed by atoms with Gasteiger partial charge in [0, 0.05) is 69.0 Å². The molecule has 0 aromatic heterocycles. The Bertz CT molecular complexity index is 3460. The summed E-state index contributed by atoms with van der Waals surface area (Å²) >= 11 is 0. The van der Waals surface area contributed by atoms with Crippen molar-refractivity contribution in [1.82, 2.24) is 14.7 Å². The van der Waals surface area contributed by atoms with Crippen molar-refractivity contribution >= 4 is 74.9 Å². The van der Waals surface area contributed by atoms with E-state index in [1.165, 1.54) is 51.8 Å². The summed E-state index contributed by atoms with van der Waals surface area (Å²) in [5.41, 5.74) is -1.94. The third kappa shape index (κ3) is 13.8. The number of para-hydroxylation sites is 3. The van der Waals surface area contributed by atoms with E-state index < -0.39 is 44.4 Å². The van der Waals surface area contributed by atoms with Crippen molar-refractivity contribution in [3.8, 4) is 17.2 Å². The summed E-state index contributed by atoms with van der Waals surface area (Å²) in [5, 5.41) is 49.1. The fourth-order valence-corrected chi connectivity index (χ4v) is 10.4. The summed E-state index contributed by atoms with van der Waals surface area (Å²) in [6, 6.07) is 13.9. The summed E-state index contributed by atoms with van der Waals surface area (Å²) in [6.07, 6.45) is 13.8. The van der Waals surface area contributed by atoms with Gasteiger partial charge in [-0.05, 0) is 81.8 Å². The number of nitrogens with zero attached hydrogens (tertiary/aromatic N) is 3. The Morgan fingerprint density at radius 1 is 0.446 bits per heavy atom. The van der Waals surface area contributed by atoms with E-state index in [1.54, 1.807) is 79.5 Å². The Hall–Kier alpha value is -9.02. The molecule has 9 N–H and O–H groups in total. The summed E-state index contributed by atoms with van der Waals surface area (Å²) in [4.78, 5) is 125. The number of rotatable bonds is 17. The largest absolute Gasteiger partial charge is 0.505 e. The average molecular weight is 1160 g/mol. The smallest absolute Gasteiger partial charge is 0.311 e. The highest BCUT2D eigenvalue weighted by Crippen LogP contribution is 2.37. The number of amides is 3. The number of nitrogens with one attached hydrogen (secondary N) is 6. The molecule has 0 unspecified atom stereocenters. The SMILES string of the molecule is CCOC(=O)[C@@H]1CCCC[C@@H]1Nc1c(Nc2cccc(C(=O)N(C)C)c2O)c(=O)c1=O.CN(C)C(=O)c1cccc(Nc2c(NC3CCCCC3)c(=O)c2=O)c1O.CN(C)C(=O)c1cccc(Nc2c(NC3CCCCC3)c(=O)c2=O)c1O.[HH].[HH].[HH].[HH].[HH].[HH]. The van der Waals surface area contributed by atoms with E-state index in [4.69, 9.17) is 4.74 Å². The molecular weight excluding hydrogens is 1070 g/mol. The predicted molar refractivity (Wildman–Crippen MR) is 332 cm³/mol.